The molecule has 0 aliphatic rings. The molecule has 1 nitrogen and oxygen atoms in total. The summed E-state index contributed by atoms with van der Waals surface area (Å²) in [6.45, 7) is 5.16. The Kier molecular flexibility index (Phi) is 6.30. The van der Waals surface area contributed by atoms with Gasteiger partial charge in [0.2, 0.25) is 0 Å². The second kappa shape index (κ2) is 7.77. The molecule has 112 valence electrons. The van der Waals surface area contributed by atoms with E-state index < -0.39 is 0 Å². The molecule has 21 heavy (non-hydrogen) atoms. The number of halogens is 3. The van der Waals surface area contributed by atoms with Crippen molar-refractivity contribution < 1.29 is 0 Å². The van der Waals surface area contributed by atoms with E-state index in [0.29, 0.717) is 0 Å². The Labute approximate surface area is 148 Å². The molecule has 0 spiro atoms. The number of hydrogen-bond acceptors (Lipinski definition) is 1. The van der Waals surface area contributed by atoms with Gasteiger partial charge in [-0.15, -0.1) is 0 Å². The topological polar surface area (TPSA) is 12.0 Å². The van der Waals surface area contributed by atoms with Gasteiger partial charge in [0.05, 0.1) is 6.04 Å². The average Bonchev–Trinajstić information content (AvgIpc) is 2.44. The van der Waals surface area contributed by atoms with E-state index in [0.717, 1.165) is 32.5 Å². The molecule has 0 bridgehead atoms. The summed E-state index contributed by atoms with van der Waals surface area (Å²) in [5.74, 6) is 0. The van der Waals surface area contributed by atoms with Crippen molar-refractivity contribution in [2.45, 2.75) is 26.3 Å². The van der Waals surface area contributed by atoms with E-state index in [-0.39, 0.29) is 6.04 Å². The van der Waals surface area contributed by atoms with Crippen molar-refractivity contribution in [3.8, 4) is 0 Å². The highest BCUT2D eigenvalue weighted by Crippen LogP contribution is 2.34. The Hall–Kier alpha value is -0.350. The van der Waals surface area contributed by atoms with Gasteiger partial charge in [-0.05, 0) is 60.8 Å². The highest BCUT2D eigenvalue weighted by molar-refractivity contribution is 9.11. The molecular formula is C17H18Br2ClN. The van der Waals surface area contributed by atoms with Gasteiger partial charge in [-0.25, -0.2) is 0 Å². The SMILES string of the molecule is CCCNC(c1ccc(C)cc1Cl)c1cc(Br)ccc1Br. The van der Waals surface area contributed by atoms with E-state index >= 15 is 0 Å². The first-order chi connectivity index (χ1) is 10.0. The summed E-state index contributed by atoms with van der Waals surface area (Å²) in [4.78, 5) is 0. The summed E-state index contributed by atoms with van der Waals surface area (Å²) >= 11 is 13.7. The molecule has 0 fully saturated rings. The molecule has 2 aromatic carbocycles. The van der Waals surface area contributed by atoms with Crippen LogP contribution >= 0.6 is 43.5 Å². The van der Waals surface area contributed by atoms with Crippen LogP contribution in [0.2, 0.25) is 5.02 Å². The lowest BCUT2D eigenvalue weighted by atomic mass is 9.97. The fourth-order valence-electron chi connectivity index (χ4n) is 2.28. The van der Waals surface area contributed by atoms with Gasteiger partial charge < -0.3 is 5.32 Å². The molecule has 0 radical (unpaired) electrons. The number of benzene rings is 2. The molecule has 0 amide bonds. The maximum atomic E-state index is 6.48. The second-order valence-electron chi connectivity index (χ2n) is 5.08. The Balaban J connectivity index is 2.49. The minimum Gasteiger partial charge on any atom is -0.306 e. The van der Waals surface area contributed by atoms with Gasteiger partial charge in [-0.1, -0.05) is 62.5 Å². The first kappa shape index (κ1) is 17.0. The van der Waals surface area contributed by atoms with E-state index in [1.165, 1.54) is 11.1 Å². The Morgan fingerprint density at radius 3 is 2.52 bits per heavy atom. The van der Waals surface area contributed by atoms with Crippen LogP contribution in [0.15, 0.2) is 45.3 Å². The maximum absolute atomic E-state index is 6.48. The first-order valence-electron chi connectivity index (χ1n) is 6.97. The van der Waals surface area contributed by atoms with Crippen LogP contribution in [0.25, 0.3) is 0 Å². The van der Waals surface area contributed by atoms with Crippen LogP contribution in [-0.2, 0) is 0 Å². The van der Waals surface area contributed by atoms with E-state index in [1.54, 1.807) is 0 Å². The lowest BCUT2D eigenvalue weighted by Crippen LogP contribution is -2.24. The highest BCUT2D eigenvalue weighted by atomic mass is 79.9. The van der Waals surface area contributed by atoms with Crippen LogP contribution in [0.5, 0.6) is 0 Å². The molecule has 2 aromatic rings. The van der Waals surface area contributed by atoms with Crippen molar-refractivity contribution in [2.75, 3.05) is 6.54 Å². The van der Waals surface area contributed by atoms with Gasteiger partial charge in [-0.2, -0.15) is 0 Å². The summed E-state index contributed by atoms with van der Waals surface area (Å²) in [5.41, 5.74) is 3.46. The Morgan fingerprint density at radius 2 is 1.86 bits per heavy atom. The molecule has 4 heteroatoms. The minimum absolute atomic E-state index is 0.0740. The van der Waals surface area contributed by atoms with Crippen LogP contribution < -0.4 is 5.32 Å². The van der Waals surface area contributed by atoms with Gasteiger partial charge >= 0.3 is 0 Å². The van der Waals surface area contributed by atoms with Crippen molar-refractivity contribution >= 4 is 43.5 Å². The van der Waals surface area contributed by atoms with Gasteiger partial charge in [0, 0.05) is 14.0 Å². The summed E-state index contributed by atoms with van der Waals surface area (Å²) in [6, 6.07) is 12.5. The number of aryl methyl sites for hydroxylation is 1. The van der Waals surface area contributed by atoms with E-state index in [9.17, 15) is 0 Å². The molecule has 0 aliphatic heterocycles. The van der Waals surface area contributed by atoms with Crippen molar-refractivity contribution in [3.63, 3.8) is 0 Å². The first-order valence-corrected chi connectivity index (χ1v) is 8.93. The molecule has 1 N–H and O–H groups in total. The third-order valence-electron chi connectivity index (χ3n) is 3.33. The predicted molar refractivity (Wildman–Crippen MR) is 98.2 cm³/mol. The molecule has 0 aromatic heterocycles. The smallest absolute Gasteiger partial charge is 0.0603 e. The molecule has 0 aliphatic carbocycles. The van der Waals surface area contributed by atoms with Crippen molar-refractivity contribution in [3.05, 3.63) is 67.1 Å². The van der Waals surface area contributed by atoms with Gasteiger partial charge in [0.1, 0.15) is 0 Å². The average molecular weight is 432 g/mol. The van der Waals surface area contributed by atoms with Crippen LogP contribution in [0.1, 0.15) is 36.1 Å². The molecule has 1 atom stereocenters. The van der Waals surface area contributed by atoms with Crippen LogP contribution in [0, 0.1) is 6.92 Å². The zero-order valence-corrected chi connectivity index (χ0v) is 16.0. The molecule has 0 heterocycles. The second-order valence-corrected chi connectivity index (χ2v) is 7.26. The Bertz CT molecular complexity index is 628. The van der Waals surface area contributed by atoms with Gasteiger partial charge in [-0.3, -0.25) is 0 Å². The monoisotopic (exact) mass is 429 g/mol. The lowest BCUT2D eigenvalue weighted by Gasteiger charge is -2.22. The van der Waals surface area contributed by atoms with E-state index in [4.69, 9.17) is 11.6 Å². The Morgan fingerprint density at radius 1 is 1.10 bits per heavy atom. The van der Waals surface area contributed by atoms with Crippen LogP contribution in [0.4, 0.5) is 0 Å². The zero-order valence-electron chi connectivity index (χ0n) is 12.1. The van der Waals surface area contributed by atoms with Crippen LogP contribution in [-0.4, -0.2) is 6.54 Å². The molecule has 2 rings (SSSR count). The standard InChI is InChI=1S/C17H18Br2ClN/c1-3-8-21-17(13-6-4-11(2)9-16(13)20)14-10-12(18)5-7-15(14)19/h4-7,9-10,17,21H,3,8H2,1-2H3. The molecule has 0 saturated carbocycles. The third-order valence-corrected chi connectivity index (χ3v) is 4.88. The number of nitrogens with one attached hydrogen (secondary N) is 1. The highest BCUT2D eigenvalue weighted by Gasteiger charge is 2.19. The van der Waals surface area contributed by atoms with Crippen molar-refractivity contribution in [1.82, 2.24) is 5.32 Å². The summed E-state index contributed by atoms with van der Waals surface area (Å²) in [5, 5.41) is 4.40. The van der Waals surface area contributed by atoms with Gasteiger partial charge in [0.15, 0.2) is 0 Å². The summed E-state index contributed by atoms with van der Waals surface area (Å²) < 4.78 is 2.14. The fourth-order valence-corrected chi connectivity index (χ4v) is 3.48. The summed E-state index contributed by atoms with van der Waals surface area (Å²) in [7, 11) is 0. The largest absolute Gasteiger partial charge is 0.306 e. The predicted octanol–water partition coefficient (Wildman–Crippen LogP) is 6.26. The van der Waals surface area contributed by atoms with E-state index in [2.05, 4.69) is 75.3 Å². The minimum atomic E-state index is 0.0740. The van der Waals surface area contributed by atoms with Crippen LogP contribution in [0.3, 0.4) is 0 Å². The van der Waals surface area contributed by atoms with Crippen molar-refractivity contribution in [2.24, 2.45) is 0 Å². The van der Waals surface area contributed by atoms with Crippen molar-refractivity contribution in [1.29, 1.82) is 0 Å². The summed E-state index contributed by atoms with van der Waals surface area (Å²) in [6.07, 6.45) is 1.08. The maximum Gasteiger partial charge on any atom is 0.0603 e. The third kappa shape index (κ3) is 4.32. The molecule has 0 saturated heterocycles. The normalized spacial score (nSPS) is 12.4. The quantitative estimate of drug-likeness (QED) is 0.589. The number of hydrogen-bond donors (Lipinski definition) is 1. The molecule has 1 unspecified atom stereocenters. The van der Waals surface area contributed by atoms with E-state index in [1.807, 2.05) is 12.1 Å². The fraction of sp³-hybridized carbons (Fsp3) is 0.294. The number of rotatable bonds is 5. The lowest BCUT2D eigenvalue weighted by molar-refractivity contribution is 0.597. The molecular weight excluding hydrogens is 413 g/mol. The zero-order chi connectivity index (χ0) is 15.4. The van der Waals surface area contributed by atoms with Gasteiger partial charge in [0.25, 0.3) is 0 Å².